The van der Waals surface area contributed by atoms with Crippen LogP contribution in [0.25, 0.3) is 0 Å². The van der Waals surface area contributed by atoms with Gasteiger partial charge in [0.25, 0.3) is 5.91 Å². The zero-order valence-electron chi connectivity index (χ0n) is 10.8. The van der Waals surface area contributed by atoms with Gasteiger partial charge in [0.15, 0.2) is 0 Å². The van der Waals surface area contributed by atoms with Gasteiger partial charge in [-0.1, -0.05) is 0 Å². The summed E-state index contributed by atoms with van der Waals surface area (Å²) in [5, 5.41) is 0. The smallest absolute Gasteiger partial charge is 0.256 e. The SMILES string of the molecule is CSCCC(C)N(C)C(=O)c1cc(S)ccc1F. The molecule has 18 heavy (non-hydrogen) atoms. The molecule has 0 bridgehead atoms. The Hall–Kier alpha value is -0.680. The van der Waals surface area contributed by atoms with Gasteiger partial charge in [0.1, 0.15) is 5.82 Å². The Bertz CT molecular complexity index is 425. The van der Waals surface area contributed by atoms with Crippen molar-refractivity contribution >= 4 is 30.3 Å². The van der Waals surface area contributed by atoms with Crippen LogP contribution in [-0.2, 0) is 0 Å². The van der Waals surface area contributed by atoms with Crippen molar-refractivity contribution in [1.29, 1.82) is 0 Å². The summed E-state index contributed by atoms with van der Waals surface area (Å²) in [6.45, 7) is 1.97. The molecular formula is C13H18FNOS2. The molecule has 0 fully saturated rings. The van der Waals surface area contributed by atoms with E-state index in [0.29, 0.717) is 4.90 Å². The molecule has 2 nitrogen and oxygen atoms in total. The third-order valence-electron chi connectivity index (χ3n) is 2.90. The number of hydrogen-bond acceptors (Lipinski definition) is 3. The van der Waals surface area contributed by atoms with Gasteiger partial charge in [-0.05, 0) is 43.6 Å². The van der Waals surface area contributed by atoms with Crippen LogP contribution >= 0.6 is 24.4 Å². The van der Waals surface area contributed by atoms with E-state index in [1.807, 2.05) is 13.2 Å². The predicted octanol–water partition coefficient (Wildman–Crippen LogP) is 3.33. The molecule has 5 heteroatoms. The Morgan fingerprint density at radius 2 is 2.22 bits per heavy atom. The number of thioether (sulfide) groups is 1. The maximum Gasteiger partial charge on any atom is 0.256 e. The summed E-state index contributed by atoms with van der Waals surface area (Å²) in [6.07, 6.45) is 2.92. The molecule has 1 unspecified atom stereocenters. The zero-order valence-corrected chi connectivity index (χ0v) is 12.5. The monoisotopic (exact) mass is 287 g/mol. The highest BCUT2D eigenvalue weighted by molar-refractivity contribution is 7.98. The van der Waals surface area contributed by atoms with Gasteiger partial charge in [-0.3, -0.25) is 4.79 Å². The van der Waals surface area contributed by atoms with Crippen molar-refractivity contribution < 1.29 is 9.18 Å². The number of hydrogen-bond donors (Lipinski definition) is 1. The van der Waals surface area contributed by atoms with E-state index in [9.17, 15) is 9.18 Å². The minimum absolute atomic E-state index is 0.0843. The number of rotatable bonds is 5. The van der Waals surface area contributed by atoms with Gasteiger partial charge < -0.3 is 4.90 Å². The lowest BCUT2D eigenvalue weighted by Crippen LogP contribution is -2.35. The molecule has 0 saturated heterocycles. The van der Waals surface area contributed by atoms with Crippen LogP contribution in [0.3, 0.4) is 0 Å². The maximum atomic E-state index is 13.6. The van der Waals surface area contributed by atoms with Crippen LogP contribution in [0.4, 0.5) is 4.39 Å². The van der Waals surface area contributed by atoms with Gasteiger partial charge in [0, 0.05) is 18.0 Å². The Labute approximate surface area is 117 Å². The lowest BCUT2D eigenvalue weighted by molar-refractivity contribution is 0.0736. The summed E-state index contributed by atoms with van der Waals surface area (Å²) in [7, 11) is 1.71. The fraction of sp³-hybridized carbons (Fsp3) is 0.462. The number of thiol groups is 1. The van der Waals surface area contributed by atoms with E-state index < -0.39 is 5.82 Å². The third kappa shape index (κ3) is 3.92. The highest BCUT2D eigenvalue weighted by Crippen LogP contribution is 2.17. The molecule has 0 aliphatic carbocycles. The summed E-state index contributed by atoms with van der Waals surface area (Å²) >= 11 is 5.87. The second kappa shape index (κ2) is 7.04. The Morgan fingerprint density at radius 1 is 1.56 bits per heavy atom. The highest BCUT2D eigenvalue weighted by Gasteiger charge is 2.20. The average molecular weight is 287 g/mol. The van der Waals surface area contributed by atoms with Gasteiger partial charge in [0.05, 0.1) is 5.56 Å². The van der Waals surface area contributed by atoms with Crippen molar-refractivity contribution in [2.75, 3.05) is 19.1 Å². The Kier molecular flexibility index (Phi) is 6.02. The number of amides is 1. The summed E-state index contributed by atoms with van der Waals surface area (Å²) < 4.78 is 13.6. The summed E-state index contributed by atoms with van der Waals surface area (Å²) in [5.41, 5.74) is 0.0843. The Morgan fingerprint density at radius 3 is 2.83 bits per heavy atom. The van der Waals surface area contributed by atoms with Crippen molar-refractivity contribution in [3.05, 3.63) is 29.6 Å². The van der Waals surface area contributed by atoms with Crippen LogP contribution in [-0.4, -0.2) is 35.9 Å². The second-order valence-corrected chi connectivity index (χ2v) is 5.71. The first kappa shape index (κ1) is 15.4. The van der Waals surface area contributed by atoms with E-state index in [4.69, 9.17) is 0 Å². The highest BCUT2D eigenvalue weighted by atomic mass is 32.2. The molecule has 100 valence electrons. The predicted molar refractivity (Wildman–Crippen MR) is 78.2 cm³/mol. The van der Waals surface area contributed by atoms with Crippen molar-refractivity contribution in [1.82, 2.24) is 4.90 Å². The van der Waals surface area contributed by atoms with E-state index in [1.165, 1.54) is 18.2 Å². The van der Waals surface area contributed by atoms with E-state index in [1.54, 1.807) is 23.7 Å². The molecule has 0 N–H and O–H groups in total. The fourth-order valence-electron chi connectivity index (χ4n) is 1.55. The molecule has 1 rings (SSSR count). The number of benzene rings is 1. The minimum Gasteiger partial charge on any atom is -0.339 e. The molecule has 1 aromatic rings. The molecule has 0 saturated carbocycles. The first-order valence-corrected chi connectivity index (χ1v) is 7.56. The molecule has 1 aromatic carbocycles. The quantitative estimate of drug-likeness (QED) is 0.838. The number of carbonyl (C=O) groups is 1. The van der Waals surface area contributed by atoms with Crippen molar-refractivity contribution in [3.8, 4) is 0 Å². The Balaban J connectivity index is 2.82. The number of halogens is 1. The lowest BCUT2D eigenvalue weighted by atomic mass is 10.1. The van der Waals surface area contributed by atoms with Crippen LogP contribution in [0.15, 0.2) is 23.1 Å². The number of nitrogens with zero attached hydrogens (tertiary/aromatic N) is 1. The molecule has 0 aliphatic rings. The molecular weight excluding hydrogens is 269 g/mol. The van der Waals surface area contributed by atoms with Crippen molar-refractivity contribution in [2.45, 2.75) is 24.3 Å². The molecule has 1 atom stereocenters. The van der Waals surface area contributed by atoms with Gasteiger partial charge in [0.2, 0.25) is 0 Å². The van der Waals surface area contributed by atoms with Gasteiger partial charge >= 0.3 is 0 Å². The first-order valence-electron chi connectivity index (χ1n) is 5.72. The molecule has 0 spiro atoms. The second-order valence-electron chi connectivity index (χ2n) is 4.21. The van der Waals surface area contributed by atoms with Crippen molar-refractivity contribution in [3.63, 3.8) is 0 Å². The van der Waals surface area contributed by atoms with E-state index in [-0.39, 0.29) is 17.5 Å². The van der Waals surface area contributed by atoms with Crippen LogP contribution < -0.4 is 0 Å². The summed E-state index contributed by atoms with van der Waals surface area (Å²) in [5.74, 6) is 0.187. The minimum atomic E-state index is -0.498. The molecule has 0 aliphatic heterocycles. The van der Waals surface area contributed by atoms with Gasteiger partial charge in [-0.15, -0.1) is 12.6 Å². The van der Waals surface area contributed by atoms with Gasteiger partial charge in [-0.2, -0.15) is 11.8 Å². The molecule has 0 heterocycles. The van der Waals surface area contributed by atoms with Gasteiger partial charge in [-0.25, -0.2) is 4.39 Å². The van der Waals surface area contributed by atoms with E-state index in [0.717, 1.165) is 12.2 Å². The van der Waals surface area contributed by atoms with Crippen LogP contribution in [0.5, 0.6) is 0 Å². The molecule has 0 radical (unpaired) electrons. The molecule has 0 aromatic heterocycles. The largest absolute Gasteiger partial charge is 0.339 e. The van der Waals surface area contributed by atoms with Crippen LogP contribution in [0.2, 0.25) is 0 Å². The topological polar surface area (TPSA) is 20.3 Å². The number of carbonyl (C=O) groups excluding carboxylic acids is 1. The lowest BCUT2D eigenvalue weighted by Gasteiger charge is -2.25. The first-order chi connectivity index (χ1) is 8.47. The zero-order chi connectivity index (χ0) is 13.7. The standard InChI is InChI=1S/C13H18FNOS2/c1-9(6-7-18-3)15(2)13(16)11-8-10(17)4-5-12(11)14/h4-5,8-9,17H,6-7H2,1-3H3. The van der Waals surface area contributed by atoms with E-state index >= 15 is 0 Å². The van der Waals surface area contributed by atoms with Crippen LogP contribution in [0, 0.1) is 5.82 Å². The fourth-order valence-corrected chi connectivity index (χ4v) is 2.33. The van der Waals surface area contributed by atoms with Crippen molar-refractivity contribution in [2.24, 2.45) is 0 Å². The average Bonchev–Trinajstić information content (AvgIpc) is 2.37. The molecule has 1 amide bonds. The maximum absolute atomic E-state index is 13.6. The normalized spacial score (nSPS) is 12.3. The summed E-state index contributed by atoms with van der Waals surface area (Å²) in [6, 6.07) is 4.37. The van der Waals surface area contributed by atoms with Crippen LogP contribution in [0.1, 0.15) is 23.7 Å². The third-order valence-corrected chi connectivity index (χ3v) is 3.82. The van der Waals surface area contributed by atoms with E-state index in [2.05, 4.69) is 12.6 Å². The summed E-state index contributed by atoms with van der Waals surface area (Å²) in [4.78, 5) is 14.3.